The number of nitriles is 1. The third-order valence-corrected chi connectivity index (χ3v) is 1.85. The van der Waals surface area contributed by atoms with Crippen LogP contribution in [0.15, 0.2) is 30.3 Å². The second-order valence-electron chi connectivity index (χ2n) is 3.07. The summed E-state index contributed by atoms with van der Waals surface area (Å²) in [6, 6.07) is 11.5. The molecule has 1 atom stereocenters. The Kier molecular flexibility index (Phi) is 4.53. The number of nitrogens with two attached hydrogens (primary N) is 1. The molecule has 0 bridgehead atoms. The van der Waals surface area contributed by atoms with E-state index in [9.17, 15) is 0 Å². The highest BCUT2D eigenvalue weighted by molar-refractivity contribution is 5.20. The Balaban J connectivity index is 2.19. The Morgan fingerprint density at radius 1 is 1.36 bits per heavy atom. The van der Waals surface area contributed by atoms with E-state index in [2.05, 4.69) is 0 Å². The van der Waals surface area contributed by atoms with Gasteiger partial charge in [0.1, 0.15) is 5.75 Å². The van der Waals surface area contributed by atoms with Crippen LogP contribution in [0.4, 0.5) is 0 Å². The second kappa shape index (κ2) is 6.01. The highest BCUT2D eigenvalue weighted by Crippen LogP contribution is 2.08. The van der Waals surface area contributed by atoms with Crippen LogP contribution in [-0.2, 0) is 0 Å². The molecule has 0 heterocycles. The molecule has 0 aliphatic carbocycles. The molecule has 0 amide bonds. The van der Waals surface area contributed by atoms with Crippen LogP contribution in [0.5, 0.6) is 5.75 Å². The van der Waals surface area contributed by atoms with Gasteiger partial charge in [0.2, 0.25) is 0 Å². The molecule has 0 fully saturated rings. The lowest BCUT2D eigenvalue weighted by Gasteiger charge is -2.08. The van der Waals surface area contributed by atoms with Gasteiger partial charge in [-0.1, -0.05) is 18.2 Å². The van der Waals surface area contributed by atoms with Crippen molar-refractivity contribution in [3.63, 3.8) is 0 Å². The van der Waals surface area contributed by atoms with E-state index in [0.29, 0.717) is 19.4 Å². The van der Waals surface area contributed by atoms with Gasteiger partial charge < -0.3 is 10.5 Å². The maximum absolute atomic E-state index is 8.38. The van der Waals surface area contributed by atoms with Gasteiger partial charge in [0.05, 0.1) is 19.1 Å². The van der Waals surface area contributed by atoms with Gasteiger partial charge in [-0.25, -0.2) is 0 Å². The van der Waals surface area contributed by atoms with Gasteiger partial charge in [-0.2, -0.15) is 5.26 Å². The average molecular weight is 190 g/mol. The lowest BCUT2D eigenvalue weighted by Crippen LogP contribution is -2.21. The maximum Gasteiger partial charge on any atom is 0.119 e. The summed E-state index contributed by atoms with van der Waals surface area (Å²) in [7, 11) is 0. The predicted molar refractivity (Wildman–Crippen MR) is 54.8 cm³/mol. The summed E-state index contributed by atoms with van der Waals surface area (Å²) in [6.45, 7) is 0.562. The monoisotopic (exact) mass is 190 g/mol. The van der Waals surface area contributed by atoms with Crippen LogP contribution in [0.25, 0.3) is 0 Å². The number of para-hydroxylation sites is 1. The van der Waals surface area contributed by atoms with Gasteiger partial charge in [0, 0.05) is 6.04 Å². The molecule has 0 aliphatic heterocycles. The molecule has 2 N–H and O–H groups in total. The fraction of sp³-hybridized carbons (Fsp3) is 0.364. The summed E-state index contributed by atoms with van der Waals surface area (Å²) in [6.07, 6.45) is 1.10. The molecule has 74 valence electrons. The van der Waals surface area contributed by atoms with Crippen LogP contribution in [-0.4, -0.2) is 12.6 Å². The van der Waals surface area contributed by atoms with Crippen molar-refractivity contribution in [1.29, 1.82) is 5.26 Å². The third-order valence-electron chi connectivity index (χ3n) is 1.85. The molecule has 1 aromatic rings. The van der Waals surface area contributed by atoms with Crippen molar-refractivity contribution in [2.24, 2.45) is 5.73 Å². The summed E-state index contributed by atoms with van der Waals surface area (Å²) in [4.78, 5) is 0. The van der Waals surface area contributed by atoms with Crippen molar-refractivity contribution in [3.8, 4) is 11.8 Å². The fourth-order valence-corrected chi connectivity index (χ4v) is 1.06. The zero-order valence-corrected chi connectivity index (χ0v) is 8.02. The Labute approximate surface area is 84.1 Å². The molecule has 0 spiro atoms. The first kappa shape index (κ1) is 10.6. The Hall–Kier alpha value is -1.53. The molecular weight excluding hydrogens is 176 g/mol. The lowest BCUT2D eigenvalue weighted by atomic mass is 10.2. The molecule has 14 heavy (non-hydrogen) atoms. The fourth-order valence-electron chi connectivity index (χ4n) is 1.06. The summed E-state index contributed by atoms with van der Waals surface area (Å²) in [5, 5.41) is 8.38. The predicted octanol–water partition coefficient (Wildman–Crippen LogP) is 1.70. The summed E-state index contributed by atoms with van der Waals surface area (Å²) in [5.41, 5.74) is 5.65. The normalized spacial score (nSPS) is 11.7. The first-order valence-corrected chi connectivity index (χ1v) is 4.63. The quantitative estimate of drug-likeness (QED) is 0.768. The van der Waals surface area contributed by atoms with E-state index >= 15 is 0 Å². The molecule has 0 aromatic heterocycles. The zero-order chi connectivity index (χ0) is 10.2. The number of benzene rings is 1. The smallest absolute Gasteiger partial charge is 0.119 e. The van der Waals surface area contributed by atoms with E-state index in [-0.39, 0.29) is 6.04 Å². The zero-order valence-electron chi connectivity index (χ0n) is 8.02. The Morgan fingerprint density at radius 3 is 2.71 bits per heavy atom. The van der Waals surface area contributed by atoms with Gasteiger partial charge in [-0.3, -0.25) is 0 Å². The van der Waals surface area contributed by atoms with Gasteiger partial charge in [-0.15, -0.1) is 0 Å². The molecule has 0 saturated carbocycles. The van der Waals surface area contributed by atoms with E-state index in [1.807, 2.05) is 36.4 Å². The van der Waals surface area contributed by atoms with Crippen LogP contribution < -0.4 is 10.5 Å². The third kappa shape index (κ3) is 3.92. The van der Waals surface area contributed by atoms with Crippen LogP contribution in [0.1, 0.15) is 12.8 Å². The van der Waals surface area contributed by atoms with Crippen molar-refractivity contribution < 1.29 is 4.74 Å². The largest absolute Gasteiger partial charge is 0.494 e. The van der Waals surface area contributed by atoms with E-state index in [1.165, 1.54) is 0 Å². The highest BCUT2D eigenvalue weighted by atomic mass is 16.5. The summed E-state index contributed by atoms with van der Waals surface area (Å²) >= 11 is 0. The SMILES string of the molecule is N#CCC(N)CCOc1ccccc1. The van der Waals surface area contributed by atoms with Crippen molar-refractivity contribution in [2.45, 2.75) is 18.9 Å². The highest BCUT2D eigenvalue weighted by Gasteiger charge is 2.01. The van der Waals surface area contributed by atoms with Gasteiger partial charge in [0.15, 0.2) is 0 Å². The molecular formula is C11H14N2O. The van der Waals surface area contributed by atoms with Gasteiger partial charge in [0.25, 0.3) is 0 Å². The van der Waals surface area contributed by atoms with Crippen molar-refractivity contribution in [3.05, 3.63) is 30.3 Å². The first-order chi connectivity index (χ1) is 6.83. The maximum atomic E-state index is 8.38. The number of ether oxygens (including phenoxy) is 1. The van der Waals surface area contributed by atoms with Crippen molar-refractivity contribution >= 4 is 0 Å². The van der Waals surface area contributed by atoms with Gasteiger partial charge in [-0.05, 0) is 18.6 Å². The molecule has 3 nitrogen and oxygen atoms in total. The summed E-state index contributed by atoms with van der Waals surface area (Å²) in [5.74, 6) is 0.844. The first-order valence-electron chi connectivity index (χ1n) is 4.63. The van der Waals surface area contributed by atoms with Crippen molar-refractivity contribution in [2.75, 3.05) is 6.61 Å². The number of nitrogens with zero attached hydrogens (tertiary/aromatic N) is 1. The molecule has 0 radical (unpaired) electrons. The van der Waals surface area contributed by atoms with E-state index < -0.39 is 0 Å². The minimum Gasteiger partial charge on any atom is -0.494 e. The molecule has 1 unspecified atom stereocenters. The minimum atomic E-state index is -0.0799. The number of hydrogen-bond donors (Lipinski definition) is 1. The topological polar surface area (TPSA) is 59.0 Å². The standard InChI is InChI=1S/C11H14N2O/c12-8-6-10(13)7-9-14-11-4-2-1-3-5-11/h1-5,10H,6-7,9,13H2. The molecule has 1 aromatic carbocycles. The molecule has 0 saturated heterocycles. The molecule has 0 aliphatic rings. The van der Waals surface area contributed by atoms with E-state index in [0.717, 1.165) is 5.75 Å². The number of hydrogen-bond acceptors (Lipinski definition) is 3. The lowest BCUT2D eigenvalue weighted by molar-refractivity contribution is 0.298. The van der Waals surface area contributed by atoms with Crippen LogP contribution in [0.2, 0.25) is 0 Å². The summed E-state index contributed by atoms with van der Waals surface area (Å²) < 4.78 is 5.43. The minimum absolute atomic E-state index is 0.0799. The van der Waals surface area contributed by atoms with Gasteiger partial charge >= 0.3 is 0 Å². The molecule has 1 rings (SSSR count). The van der Waals surface area contributed by atoms with Crippen molar-refractivity contribution in [1.82, 2.24) is 0 Å². The second-order valence-corrected chi connectivity index (χ2v) is 3.07. The van der Waals surface area contributed by atoms with Crippen LogP contribution in [0, 0.1) is 11.3 Å². The Bertz CT molecular complexity index is 292. The molecule has 3 heteroatoms. The van der Waals surface area contributed by atoms with E-state index in [4.69, 9.17) is 15.7 Å². The van der Waals surface area contributed by atoms with Crippen LogP contribution >= 0.6 is 0 Å². The Morgan fingerprint density at radius 2 is 2.07 bits per heavy atom. The van der Waals surface area contributed by atoms with Crippen LogP contribution in [0.3, 0.4) is 0 Å². The van der Waals surface area contributed by atoms with E-state index in [1.54, 1.807) is 0 Å². The average Bonchev–Trinajstić information content (AvgIpc) is 2.20. The number of rotatable bonds is 5.